The Morgan fingerprint density at radius 3 is 2.86 bits per heavy atom. The Morgan fingerprint density at radius 2 is 2.14 bits per heavy atom. The topological polar surface area (TPSA) is 108 Å². The number of amides is 1. The van der Waals surface area contributed by atoms with Crippen LogP contribution in [0.2, 0.25) is 5.02 Å². The number of halogens is 1. The van der Waals surface area contributed by atoms with Crippen molar-refractivity contribution in [2.75, 3.05) is 11.9 Å². The van der Waals surface area contributed by atoms with E-state index in [0.717, 1.165) is 23.2 Å². The second-order valence-electron chi connectivity index (χ2n) is 6.46. The highest BCUT2D eigenvalue weighted by Crippen LogP contribution is 2.20. The van der Waals surface area contributed by atoms with Crippen molar-refractivity contribution >= 4 is 23.3 Å². The molecule has 0 aromatic carbocycles. The Hall–Kier alpha value is -3.00. The van der Waals surface area contributed by atoms with E-state index < -0.39 is 0 Å². The summed E-state index contributed by atoms with van der Waals surface area (Å²) in [5.41, 5.74) is 3.34. The number of anilines is 1. The molecule has 9 heteroatoms. The van der Waals surface area contributed by atoms with Gasteiger partial charge in [-0.15, -0.1) is 0 Å². The molecule has 146 valence electrons. The van der Waals surface area contributed by atoms with E-state index in [1.165, 1.54) is 0 Å². The summed E-state index contributed by atoms with van der Waals surface area (Å²) in [6.45, 7) is 6.26. The van der Waals surface area contributed by atoms with Crippen LogP contribution >= 0.6 is 11.6 Å². The summed E-state index contributed by atoms with van der Waals surface area (Å²) >= 11 is 6.16. The molecule has 3 rings (SSSR count). The number of aromatic amines is 1. The van der Waals surface area contributed by atoms with Crippen LogP contribution in [0.15, 0.2) is 30.7 Å². The van der Waals surface area contributed by atoms with Gasteiger partial charge < -0.3 is 10.6 Å². The number of aromatic nitrogens is 5. The first-order valence-corrected chi connectivity index (χ1v) is 9.31. The lowest BCUT2D eigenvalue weighted by Gasteiger charge is -2.15. The maximum atomic E-state index is 12.7. The Labute approximate surface area is 168 Å². The molecule has 0 spiro atoms. The Bertz CT molecular complexity index is 959. The van der Waals surface area contributed by atoms with E-state index in [1.807, 2.05) is 27.0 Å². The van der Waals surface area contributed by atoms with Crippen molar-refractivity contribution in [2.24, 2.45) is 0 Å². The maximum Gasteiger partial charge on any atom is 0.289 e. The van der Waals surface area contributed by atoms with E-state index in [0.29, 0.717) is 23.1 Å². The van der Waals surface area contributed by atoms with Gasteiger partial charge in [0.2, 0.25) is 5.82 Å². The van der Waals surface area contributed by atoms with Crippen LogP contribution in [-0.2, 0) is 6.42 Å². The summed E-state index contributed by atoms with van der Waals surface area (Å²) in [7, 11) is 0. The number of pyridine rings is 1. The van der Waals surface area contributed by atoms with Crippen LogP contribution < -0.4 is 10.6 Å². The summed E-state index contributed by atoms with van der Waals surface area (Å²) in [4.78, 5) is 25.6. The van der Waals surface area contributed by atoms with Gasteiger partial charge in [0.25, 0.3) is 5.91 Å². The number of rotatable bonds is 7. The number of hydrogen-bond donors (Lipinski definition) is 3. The Morgan fingerprint density at radius 1 is 1.32 bits per heavy atom. The Balaban J connectivity index is 1.71. The second kappa shape index (κ2) is 8.79. The van der Waals surface area contributed by atoms with Gasteiger partial charge in [-0.25, -0.2) is 9.97 Å². The second-order valence-corrected chi connectivity index (χ2v) is 6.86. The monoisotopic (exact) mass is 399 g/mol. The van der Waals surface area contributed by atoms with E-state index in [4.69, 9.17) is 11.6 Å². The molecule has 0 saturated heterocycles. The number of hydrogen-bond acceptors (Lipinski definition) is 6. The first-order valence-electron chi connectivity index (χ1n) is 8.93. The van der Waals surface area contributed by atoms with Gasteiger partial charge in [0, 0.05) is 30.2 Å². The first-order chi connectivity index (χ1) is 13.5. The fourth-order valence-corrected chi connectivity index (χ4v) is 2.97. The molecule has 0 aliphatic heterocycles. The van der Waals surface area contributed by atoms with Gasteiger partial charge in [-0.05, 0) is 44.9 Å². The predicted molar refractivity (Wildman–Crippen MR) is 107 cm³/mol. The molecule has 3 aromatic heterocycles. The Kier molecular flexibility index (Phi) is 6.20. The number of aryl methyl sites for hydroxylation is 1. The molecular weight excluding hydrogens is 378 g/mol. The molecule has 0 radical (unpaired) electrons. The highest BCUT2D eigenvalue weighted by atomic mass is 35.5. The minimum atomic E-state index is -0.379. The van der Waals surface area contributed by atoms with Gasteiger partial charge in [-0.1, -0.05) is 11.6 Å². The van der Waals surface area contributed by atoms with Crippen LogP contribution in [0.1, 0.15) is 46.1 Å². The molecule has 8 nitrogen and oxygen atoms in total. The predicted octanol–water partition coefficient (Wildman–Crippen LogP) is 3.01. The van der Waals surface area contributed by atoms with Crippen molar-refractivity contribution < 1.29 is 4.79 Å². The summed E-state index contributed by atoms with van der Waals surface area (Å²) < 4.78 is 0. The van der Waals surface area contributed by atoms with Gasteiger partial charge in [-0.3, -0.25) is 14.9 Å². The molecule has 3 aromatic rings. The lowest BCUT2D eigenvalue weighted by atomic mass is 10.2. The number of carbonyl (C=O) groups is 1. The lowest BCUT2D eigenvalue weighted by Crippen LogP contribution is -2.29. The molecule has 3 N–H and O–H groups in total. The van der Waals surface area contributed by atoms with Crippen molar-refractivity contribution in [2.45, 2.75) is 33.2 Å². The average Bonchev–Trinajstić information content (AvgIpc) is 3.18. The molecule has 0 saturated carbocycles. The zero-order chi connectivity index (χ0) is 20.1. The molecule has 1 amide bonds. The van der Waals surface area contributed by atoms with Crippen molar-refractivity contribution in [3.05, 3.63) is 64.1 Å². The average molecular weight is 400 g/mol. The van der Waals surface area contributed by atoms with Gasteiger partial charge in [0.15, 0.2) is 0 Å². The van der Waals surface area contributed by atoms with E-state index >= 15 is 0 Å². The zero-order valence-electron chi connectivity index (χ0n) is 16.0. The van der Waals surface area contributed by atoms with Gasteiger partial charge >= 0.3 is 0 Å². The highest BCUT2D eigenvalue weighted by Gasteiger charge is 2.19. The third-order valence-corrected chi connectivity index (χ3v) is 4.72. The summed E-state index contributed by atoms with van der Waals surface area (Å²) in [6, 6.07) is 3.11. The molecule has 1 atom stereocenters. The first kappa shape index (κ1) is 19.8. The number of H-pyrrole nitrogens is 1. The van der Waals surface area contributed by atoms with Crippen LogP contribution in [0.4, 0.5) is 5.82 Å². The van der Waals surface area contributed by atoms with Crippen molar-refractivity contribution in [3.8, 4) is 0 Å². The minimum Gasteiger partial charge on any atom is -0.369 e. The third kappa shape index (κ3) is 4.64. The summed E-state index contributed by atoms with van der Waals surface area (Å²) in [5, 5.41) is 13.3. The largest absolute Gasteiger partial charge is 0.369 e. The fourth-order valence-electron chi connectivity index (χ4n) is 2.69. The molecule has 28 heavy (non-hydrogen) atoms. The van der Waals surface area contributed by atoms with E-state index in [-0.39, 0.29) is 17.8 Å². The molecule has 0 fully saturated rings. The van der Waals surface area contributed by atoms with Crippen molar-refractivity contribution in [3.63, 3.8) is 0 Å². The minimum absolute atomic E-state index is 0.104. The van der Waals surface area contributed by atoms with Crippen LogP contribution in [0.5, 0.6) is 0 Å². The van der Waals surface area contributed by atoms with Crippen LogP contribution in [0, 0.1) is 13.8 Å². The van der Waals surface area contributed by atoms with Crippen LogP contribution in [0.25, 0.3) is 0 Å². The van der Waals surface area contributed by atoms with E-state index in [9.17, 15) is 4.79 Å². The molecule has 3 heterocycles. The van der Waals surface area contributed by atoms with Gasteiger partial charge in [-0.2, -0.15) is 5.10 Å². The third-order valence-electron chi connectivity index (χ3n) is 4.40. The normalized spacial score (nSPS) is 11.9. The van der Waals surface area contributed by atoms with Crippen LogP contribution in [0.3, 0.4) is 0 Å². The van der Waals surface area contributed by atoms with Crippen LogP contribution in [-0.4, -0.2) is 37.6 Å². The van der Waals surface area contributed by atoms with Crippen molar-refractivity contribution in [1.82, 2.24) is 30.5 Å². The standard InChI is InChI=1S/C19H22ClN7O/c1-11-12(2)25-18(27-17(11)22-8-6-14-9-23-24-10-14)19(28)26-13(3)16-15(20)5-4-7-21-16/h4-5,7,9-10,13H,6,8H2,1-3H3,(H,23,24)(H,26,28)(H,22,25,27). The maximum absolute atomic E-state index is 12.7. The number of carbonyl (C=O) groups excluding carboxylic acids is 1. The highest BCUT2D eigenvalue weighted by molar-refractivity contribution is 6.31. The quantitative estimate of drug-likeness (QED) is 0.563. The molecule has 0 bridgehead atoms. The lowest BCUT2D eigenvalue weighted by molar-refractivity contribution is 0.0928. The molecule has 0 aliphatic carbocycles. The number of nitrogens with zero attached hydrogens (tertiary/aromatic N) is 4. The number of nitrogens with one attached hydrogen (secondary N) is 3. The molecule has 1 unspecified atom stereocenters. The smallest absolute Gasteiger partial charge is 0.289 e. The zero-order valence-corrected chi connectivity index (χ0v) is 16.7. The summed E-state index contributed by atoms with van der Waals surface area (Å²) in [5.74, 6) is 0.368. The SMILES string of the molecule is Cc1nc(C(=O)NC(C)c2ncccc2Cl)nc(NCCc2cn[nH]c2)c1C. The van der Waals surface area contributed by atoms with E-state index in [1.54, 1.807) is 24.5 Å². The van der Waals surface area contributed by atoms with Crippen molar-refractivity contribution in [1.29, 1.82) is 0 Å². The van der Waals surface area contributed by atoms with Gasteiger partial charge in [0.05, 0.1) is 23.0 Å². The molecule has 0 aliphatic rings. The van der Waals surface area contributed by atoms with E-state index in [2.05, 4.69) is 35.8 Å². The fraction of sp³-hybridized carbons (Fsp3) is 0.316. The molecular formula is C19H22ClN7O. The van der Waals surface area contributed by atoms with Gasteiger partial charge in [0.1, 0.15) is 5.82 Å². The summed E-state index contributed by atoms with van der Waals surface area (Å²) in [6.07, 6.45) is 6.06.